The van der Waals surface area contributed by atoms with Crippen molar-refractivity contribution in [3.63, 3.8) is 0 Å². The highest BCUT2D eigenvalue weighted by Gasteiger charge is 2.43. The normalized spacial score (nSPS) is 16.8. The molecular formula is C40H50ClN5O8S. The fraction of sp³-hybridized carbons (Fsp3) is 0.400. The van der Waals surface area contributed by atoms with Gasteiger partial charge in [-0.3, -0.25) is 19.2 Å². The van der Waals surface area contributed by atoms with Crippen molar-refractivity contribution in [2.24, 2.45) is 5.73 Å². The van der Waals surface area contributed by atoms with Crippen molar-refractivity contribution in [2.45, 2.75) is 69.4 Å². The number of methoxy groups -OCH3 is 1. The molecule has 4 atom stereocenters. The third kappa shape index (κ3) is 14.2. The quantitative estimate of drug-likeness (QED) is 0.0927. The molecule has 13 nitrogen and oxygen atoms in total. The van der Waals surface area contributed by atoms with Crippen LogP contribution in [0.4, 0.5) is 0 Å². The van der Waals surface area contributed by atoms with E-state index >= 15 is 0 Å². The van der Waals surface area contributed by atoms with Crippen LogP contribution in [0.3, 0.4) is 0 Å². The van der Waals surface area contributed by atoms with Crippen molar-refractivity contribution in [1.82, 2.24) is 20.3 Å². The number of nitrogens with one attached hydrogen (secondary N) is 3. The van der Waals surface area contributed by atoms with E-state index in [1.54, 1.807) is 55.7 Å². The lowest BCUT2D eigenvalue weighted by Crippen LogP contribution is -2.56. The van der Waals surface area contributed by atoms with Crippen molar-refractivity contribution in [1.29, 1.82) is 0 Å². The van der Waals surface area contributed by atoms with Crippen molar-refractivity contribution < 1.29 is 37.1 Å². The number of carbonyl (C=O) groups excluding carboxylic acids is 4. The molecule has 1 saturated heterocycles. The molecule has 0 aliphatic carbocycles. The second-order valence-corrected chi connectivity index (χ2v) is 15.6. The van der Waals surface area contributed by atoms with E-state index in [1.165, 1.54) is 4.90 Å². The Labute approximate surface area is 328 Å². The van der Waals surface area contributed by atoms with E-state index < -0.39 is 57.8 Å². The van der Waals surface area contributed by atoms with Gasteiger partial charge < -0.3 is 30.7 Å². The van der Waals surface area contributed by atoms with Crippen molar-refractivity contribution >= 4 is 51.2 Å². The summed E-state index contributed by atoms with van der Waals surface area (Å²) in [6.07, 6.45) is 5.49. The fourth-order valence-corrected chi connectivity index (χ4v) is 7.00. The Bertz CT molecular complexity index is 1860. The standard InChI is InChI=1S/C40H50ClN5O8S/c1-53-32-20-16-29(17-21-32)11-8-13-35(45-55(2,51)52)40(50)46-26-33(54-27-30-14-18-31(41)19-15-30)25-36(46)38(48)44-34(12-6-7-23-42)37(47)39(49)43-24-22-28-9-4-3-5-10-28/h3-5,8-11,14-21,33-36,45H,6-7,12-13,22-27,42H2,1-2H3,(H,43,49)(H,44,48)/b11-8+/t33-,34+,35-,36+/m1/s1. The lowest BCUT2D eigenvalue weighted by atomic mass is 10.0. The van der Waals surface area contributed by atoms with Gasteiger partial charge in [-0.25, -0.2) is 13.1 Å². The summed E-state index contributed by atoms with van der Waals surface area (Å²) in [5.74, 6) is -2.29. The third-order valence-corrected chi connectivity index (χ3v) is 10.0. The van der Waals surface area contributed by atoms with Gasteiger partial charge in [-0.15, -0.1) is 0 Å². The van der Waals surface area contributed by atoms with Crippen molar-refractivity contribution in [2.75, 3.05) is 33.0 Å². The average molecular weight is 796 g/mol. The van der Waals surface area contributed by atoms with Crippen LogP contribution in [0.1, 0.15) is 48.8 Å². The maximum atomic E-state index is 14.2. The van der Waals surface area contributed by atoms with E-state index in [9.17, 15) is 27.6 Å². The molecule has 5 N–H and O–H groups in total. The molecule has 0 saturated carbocycles. The molecule has 0 radical (unpaired) electrons. The van der Waals surface area contributed by atoms with Crippen LogP contribution in [0.25, 0.3) is 6.08 Å². The molecule has 55 heavy (non-hydrogen) atoms. The maximum Gasteiger partial charge on any atom is 0.289 e. The number of nitrogens with two attached hydrogens (primary N) is 1. The first-order chi connectivity index (χ1) is 26.4. The number of hydrogen-bond acceptors (Lipinski definition) is 9. The molecule has 0 aromatic heterocycles. The molecule has 1 aliphatic rings. The van der Waals surface area contributed by atoms with Crippen LogP contribution >= 0.6 is 11.6 Å². The predicted molar refractivity (Wildman–Crippen MR) is 212 cm³/mol. The van der Waals surface area contributed by atoms with Crippen LogP contribution in [0.15, 0.2) is 84.9 Å². The van der Waals surface area contributed by atoms with Crippen LogP contribution in [-0.4, -0.2) is 94.1 Å². The van der Waals surface area contributed by atoms with Gasteiger partial charge in [0.2, 0.25) is 27.6 Å². The number of unbranched alkanes of at least 4 members (excludes halogenated alkanes) is 1. The molecule has 0 spiro atoms. The van der Waals surface area contributed by atoms with E-state index in [-0.39, 0.29) is 39.0 Å². The average Bonchev–Trinajstić information content (AvgIpc) is 3.61. The number of rotatable bonds is 21. The van der Waals surface area contributed by atoms with Gasteiger partial charge in [-0.2, -0.15) is 0 Å². The van der Waals surface area contributed by atoms with E-state index in [4.69, 9.17) is 26.8 Å². The first-order valence-corrected chi connectivity index (χ1v) is 20.4. The molecule has 0 bridgehead atoms. The van der Waals surface area contributed by atoms with E-state index in [1.807, 2.05) is 42.5 Å². The lowest BCUT2D eigenvalue weighted by molar-refractivity contribution is -0.142. The summed E-state index contributed by atoms with van der Waals surface area (Å²) < 4.78 is 38.7. The highest BCUT2D eigenvalue weighted by atomic mass is 35.5. The van der Waals surface area contributed by atoms with E-state index in [2.05, 4.69) is 15.4 Å². The summed E-state index contributed by atoms with van der Waals surface area (Å²) in [4.78, 5) is 56.1. The Morgan fingerprint density at radius 2 is 1.67 bits per heavy atom. The summed E-state index contributed by atoms with van der Waals surface area (Å²) in [5.41, 5.74) is 8.30. The zero-order valence-electron chi connectivity index (χ0n) is 31.1. The number of nitrogens with zero attached hydrogens (tertiary/aromatic N) is 1. The Kier molecular flexibility index (Phi) is 16.8. The van der Waals surface area contributed by atoms with Gasteiger partial charge in [0.15, 0.2) is 0 Å². The van der Waals surface area contributed by atoms with E-state index in [0.29, 0.717) is 36.6 Å². The Morgan fingerprint density at radius 3 is 2.33 bits per heavy atom. The third-order valence-electron chi connectivity index (χ3n) is 9.05. The molecule has 1 heterocycles. The first-order valence-electron chi connectivity index (χ1n) is 18.2. The van der Waals surface area contributed by atoms with Gasteiger partial charge in [0.1, 0.15) is 17.8 Å². The number of ether oxygens (including phenoxy) is 2. The van der Waals surface area contributed by atoms with E-state index in [0.717, 1.165) is 22.9 Å². The highest BCUT2D eigenvalue weighted by Crippen LogP contribution is 2.25. The molecule has 3 amide bonds. The number of ketones is 1. The Hall–Kier alpha value is -4.60. The van der Waals surface area contributed by atoms with Gasteiger partial charge in [0, 0.05) is 24.5 Å². The number of amides is 3. The topological polar surface area (TPSA) is 186 Å². The zero-order chi connectivity index (χ0) is 39.8. The van der Waals surface area contributed by atoms with Gasteiger partial charge in [0.05, 0.1) is 32.1 Å². The van der Waals surface area contributed by atoms with Gasteiger partial charge >= 0.3 is 0 Å². The molecule has 3 aromatic carbocycles. The first kappa shape index (κ1) is 43.1. The molecule has 0 unspecified atom stereocenters. The second kappa shape index (κ2) is 21.5. The zero-order valence-corrected chi connectivity index (χ0v) is 32.7. The summed E-state index contributed by atoms with van der Waals surface area (Å²) in [7, 11) is -2.31. The van der Waals surface area contributed by atoms with Crippen LogP contribution in [0.5, 0.6) is 5.75 Å². The lowest BCUT2D eigenvalue weighted by Gasteiger charge is -2.29. The fourth-order valence-electron chi connectivity index (χ4n) is 6.16. The largest absolute Gasteiger partial charge is 0.497 e. The monoisotopic (exact) mass is 795 g/mol. The molecule has 1 fully saturated rings. The van der Waals surface area contributed by atoms with Crippen molar-refractivity contribution in [3.8, 4) is 5.75 Å². The number of carbonyl (C=O) groups is 4. The number of halogens is 1. The van der Waals surface area contributed by atoms with Crippen molar-refractivity contribution in [3.05, 3.63) is 107 Å². The highest BCUT2D eigenvalue weighted by molar-refractivity contribution is 7.88. The summed E-state index contributed by atoms with van der Waals surface area (Å²) in [6.45, 7) is 0.714. The van der Waals surface area contributed by atoms with Crippen LogP contribution in [0.2, 0.25) is 5.02 Å². The molecule has 296 valence electrons. The molecule has 15 heteroatoms. The van der Waals surface area contributed by atoms with Crippen LogP contribution in [-0.2, 0) is 47.0 Å². The molecule has 3 aromatic rings. The second-order valence-electron chi connectivity index (χ2n) is 13.4. The number of sulfonamides is 1. The number of hydrogen-bond donors (Lipinski definition) is 4. The number of Topliss-reactive ketones (excluding diaryl/α,β-unsaturated/α-hetero) is 1. The minimum atomic E-state index is -3.87. The van der Waals surface area contributed by atoms with Gasteiger partial charge in [-0.1, -0.05) is 78.4 Å². The SMILES string of the molecule is COc1ccc(/C=C/C[C@@H](NS(C)(=O)=O)C(=O)N2C[C@H](OCc3ccc(Cl)cc3)C[C@H]2C(=O)N[C@@H](CCCCN)C(=O)C(=O)NCCc2ccccc2)cc1. The molecular weight excluding hydrogens is 746 g/mol. The summed E-state index contributed by atoms with van der Waals surface area (Å²) in [6, 6.07) is 20.1. The maximum absolute atomic E-state index is 14.2. The minimum absolute atomic E-state index is 0.0254. The smallest absolute Gasteiger partial charge is 0.289 e. The van der Waals surface area contributed by atoms with Crippen LogP contribution in [0, 0.1) is 0 Å². The molecule has 1 aliphatic heterocycles. The summed E-state index contributed by atoms with van der Waals surface area (Å²) >= 11 is 6.04. The minimum Gasteiger partial charge on any atom is -0.497 e. The van der Waals surface area contributed by atoms with Gasteiger partial charge in [0.25, 0.3) is 5.91 Å². The Balaban J connectivity index is 1.54. The van der Waals surface area contributed by atoms with Crippen LogP contribution < -0.4 is 25.8 Å². The predicted octanol–water partition coefficient (Wildman–Crippen LogP) is 3.40. The molecule has 4 rings (SSSR count). The number of likely N-dealkylation sites (tertiary alicyclic amines) is 1. The number of benzene rings is 3. The summed E-state index contributed by atoms with van der Waals surface area (Å²) in [5, 5.41) is 5.95. The van der Waals surface area contributed by atoms with Gasteiger partial charge in [-0.05, 0) is 79.6 Å². The Morgan fingerprint density at radius 1 is 0.964 bits per heavy atom.